The smallest absolute Gasteiger partial charge is 0.250 e. The fourth-order valence-corrected chi connectivity index (χ4v) is 5.96. The Morgan fingerprint density at radius 1 is 1.15 bits per heavy atom. The van der Waals surface area contributed by atoms with E-state index in [-0.39, 0.29) is 4.21 Å². The third-order valence-electron chi connectivity index (χ3n) is 3.69. The van der Waals surface area contributed by atoms with Crippen LogP contribution in [0, 0.1) is 6.92 Å². The molecule has 2 aromatic heterocycles. The largest absolute Gasteiger partial charge is 0.497 e. The van der Waals surface area contributed by atoms with Gasteiger partial charge in [0, 0.05) is 17.0 Å². The number of nitrogens with zero attached hydrogens (tertiary/aromatic N) is 1. The number of rotatable bonds is 7. The summed E-state index contributed by atoms with van der Waals surface area (Å²) in [6, 6.07) is 10.8. The number of halogens is 1. The number of nitrogens with one attached hydrogen (secondary N) is 1. The first-order valence-electron chi connectivity index (χ1n) is 7.75. The number of thiophene rings is 1. The Morgan fingerprint density at radius 3 is 2.50 bits per heavy atom. The van der Waals surface area contributed by atoms with Gasteiger partial charge in [0.15, 0.2) is 0 Å². The second kappa shape index (κ2) is 8.06. The molecule has 0 saturated carbocycles. The lowest BCUT2D eigenvalue weighted by Crippen LogP contribution is -2.25. The van der Waals surface area contributed by atoms with Gasteiger partial charge in [-0.25, -0.2) is 18.1 Å². The summed E-state index contributed by atoms with van der Waals surface area (Å²) >= 11 is 8.42. The zero-order valence-electron chi connectivity index (χ0n) is 14.2. The molecule has 0 unspecified atom stereocenters. The maximum Gasteiger partial charge on any atom is 0.250 e. The van der Waals surface area contributed by atoms with Crippen molar-refractivity contribution in [3.8, 4) is 16.3 Å². The molecule has 138 valence electrons. The van der Waals surface area contributed by atoms with Crippen LogP contribution in [0.5, 0.6) is 5.75 Å². The van der Waals surface area contributed by atoms with Crippen molar-refractivity contribution in [1.82, 2.24) is 9.71 Å². The van der Waals surface area contributed by atoms with Gasteiger partial charge < -0.3 is 4.74 Å². The molecule has 9 heteroatoms. The van der Waals surface area contributed by atoms with Gasteiger partial charge in [-0.1, -0.05) is 11.6 Å². The van der Waals surface area contributed by atoms with E-state index in [1.165, 1.54) is 6.07 Å². The van der Waals surface area contributed by atoms with Crippen molar-refractivity contribution < 1.29 is 13.2 Å². The minimum Gasteiger partial charge on any atom is -0.497 e. The molecule has 0 spiro atoms. The van der Waals surface area contributed by atoms with Gasteiger partial charge in [-0.2, -0.15) is 0 Å². The third-order valence-corrected chi connectivity index (χ3v) is 8.14. The van der Waals surface area contributed by atoms with Crippen molar-refractivity contribution in [2.75, 3.05) is 13.7 Å². The first-order valence-corrected chi connectivity index (χ1v) is 11.2. The summed E-state index contributed by atoms with van der Waals surface area (Å²) in [5, 5.41) is 0.910. The number of thiazole rings is 1. The highest BCUT2D eigenvalue weighted by atomic mass is 35.5. The average molecular weight is 429 g/mol. The number of sulfonamides is 1. The van der Waals surface area contributed by atoms with E-state index in [4.69, 9.17) is 16.3 Å². The van der Waals surface area contributed by atoms with Crippen LogP contribution in [0.1, 0.15) is 10.6 Å². The van der Waals surface area contributed by atoms with Crippen LogP contribution < -0.4 is 9.46 Å². The highest BCUT2D eigenvalue weighted by Crippen LogP contribution is 2.29. The van der Waals surface area contributed by atoms with E-state index in [1.54, 1.807) is 24.5 Å². The summed E-state index contributed by atoms with van der Waals surface area (Å²) in [6.45, 7) is 2.25. The molecule has 0 fully saturated rings. The minimum absolute atomic E-state index is 0.224. The molecule has 0 aliphatic heterocycles. The molecule has 0 bridgehead atoms. The van der Waals surface area contributed by atoms with Gasteiger partial charge in [-0.15, -0.1) is 22.7 Å². The van der Waals surface area contributed by atoms with Crippen molar-refractivity contribution >= 4 is 44.3 Å². The van der Waals surface area contributed by atoms with Crippen molar-refractivity contribution in [1.29, 1.82) is 0 Å². The Bertz CT molecular complexity index is 995. The standard InChI is InChI=1S/C17H17ClN2O3S3/c1-11-14(9-10-19-26(21,22)16-8-7-15(18)25-16)24-17(20-11)12-3-5-13(23-2)6-4-12/h3-8,19H,9-10H2,1-2H3. The zero-order chi connectivity index (χ0) is 18.7. The Kier molecular flexibility index (Phi) is 5.99. The first-order chi connectivity index (χ1) is 12.4. The van der Waals surface area contributed by atoms with Gasteiger partial charge in [0.2, 0.25) is 10.0 Å². The highest BCUT2D eigenvalue weighted by molar-refractivity contribution is 7.91. The normalized spacial score (nSPS) is 11.7. The van der Waals surface area contributed by atoms with Crippen molar-refractivity contribution in [2.24, 2.45) is 0 Å². The molecule has 0 aliphatic carbocycles. The van der Waals surface area contributed by atoms with Crippen LogP contribution in [-0.4, -0.2) is 27.1 Å². The van der Waals surface area contributed by atoms with E-state index in [0.29, 0.717) is 17.3 Å². The maximum absolute atomic E-state index is 12.2. The Morgan fingerprint density at radius 2 is 1.88 bits per heavy atom. The predicted molar refractivity (Wildman–Crippen MR) is 107 cm³/mol. The van der Waals surface area contributed by atoms with Gasteiger partial charge >= 0.3 is 0 Å². The lowest BCUT2D eigenvalue weighted by Gasteiger charge is -2.03. The molecule has 2 heterocycles. The molecule has 0 radical (unpaired) electrons. The number of hydrogen-bond donors (Lipinski definition) is 1. The van der Waals surface area contributed by atoms with E-state index >= 15 is 0 Å². The third kappa shape index (κ3) is 4.44. The molecule has 0 amide bonds. The highest BCUT2D eigenvalue weighted by Gasteiger charge is 2.17. The molecule has 0 atom stereocenters. The Balaban J connectivity index is 1.66. The van der Waals surface area contributed by atoms with E-state index in [2.05, 4.69) is 9.71 Å². The fraction of sp³-hybridized carbons (Fsp3) is 0.235. The minimum atomic E-state index is -3.52. The summed E-state index contributed by atoms with van der Waals surface area (Å²) in [5.41, 5.74) is 1.93. The molecule has 0 aliphatic rings. The summed E-state index contributed by atoms with van der Waals surface area (Å²) < 4.78 is 32.9. The molecule has 1 aromatic carbocycles. The van der Waals surface area contributed by atoms with Crippen LogP contribution >= 0.6 is 34.3 Å². The van der Waals surface area contributed by atoms with Crippen LogP contribution in [0.15, 0.2) is 40.6 Å². The average Bonchev–Trinajstić information content (AvgIpc) is 3.22. The summed E-state index contributed by atoms with van der Waals surface area (Å²) in [7, 11) is -1.89. The van der Waals surface area contributed by atoms with Gasteiger partial charge in [0.25, 0.3) is 0 Å². The van der Waals surface area contributed by atoms with E-state index in [9.17, 15) is 8.42 Å². The predicted octanol–water partition coefficient (Wildman–Crippen LogP) is 4.36. The topological polar surface area (TPSA) is 68.3 Å². The molecular weight excluding hydrogens is 412 g/mol. The number of aromatic nitrogens is 1. The van der Waals surface area contributed by atoms with Gasteiger partial charge in [0.05, 0.1) is 17.1 Å². The number of aryl methyl sites for hydroxylation is 1. The van der Waals surface area contributed by atoms with E-state index in [0.717, 1.165) is 38.2 Å². The van der Waals surface area contributed by atoms with Crippen LogP contribution in [0.2, 0.25) is 4.34 Å². The Hall–Kier alpha value is -1.45. The van der Waals surface area contributed by atoms with E-state index < -0.39 is 10.0 Å². The Labute approximate surface area is 165 Å². The molecule has 3 aromatic rings. The SMILES string of the molecule is COc1ccc(-c2nc(C)c(CCNS(=O)(=O)c3ccc(Cl)s3)s2)cc1. The second-order valence-corrected chi connectivity index (χ2v) is 10.3. The molecule has 1 N–H and O–H groups in total. The fourth-order valence-electron chi connectivity index (χ4n) is 2.33. The lowest BCUT2D eigenvalue weighted by molar-refractivity contribution is 0.415. The van der Waals surface area contributed by atoms with Crippen LogP contribution in [0.25, 0.3) is 10.6 Å². The van der Waals surface area contributed by atoms with Crippen LogP contribution in [0.3, 0.4) is 0 Å². The number of benzene rings is 1. The van der Waals surface area contributed by atoms with Crippen LogP contribution in [-0.2, 0) is 16.4 Å². The number of ether oxygens (including phenoxy) is 1. The van der Waals surface area contributed by atoms with Crippen LogP contribution in [0.4, 0.5) is 0 Å². The van der Waals surface area contributed by atoms with Crippen molar-refractivity contribution in [3.05, 3.63) is 51.3 Å². The summed E-state index contributed by atoms with van der Waals surface area (Å²) in [5.74, 6) is 0.797. The van der Waals surface area contributed by atoms with Gasteiger partial charge in [-0.05, 0) is 49.7 Å². The zero-order valence-corrected chi connectivity index (χ0v) is 17.4. The number of methoxy groups -OCH3 is 1. The summed E-state index contributed by atoms with van der Waals surface area (Å²) in [4.78, 5) is 5.66. The first kappa shape index (κ1) is 19.3. The van der Waals surface area contributed by atoms with Crippen molar-refractivity contribution in [3.63, 3.8) is 0 Å². The summed E-state index contributed by atoms with van der Waals surface area (Å²) in [6.07, 6.45) is 0.581. The molecule has 5 nitrogen and oxygen atoms in total. The lowest BCUT2D eigenvalue weighted by atomic mass is 10.2. The molecule has 3 rings (SSSR count). The monoisotopic (exact) mass is 428 g/mol. The number of hydrogen-bond acceptors (Lipinski definition) is 6. The maximum atomic E-state index is 12.2. The molecule has 26 heavy (non-hydrogen) atoms. The van der Waals surface area contributed by atoms with Crippen molar-refractivity contribution in [2.45, 2.75) is 17.6 Å². The second-order valence-electron chi connectivity index (χ2n) is 5.46. The van der Waals surface area contributed by atoms with E-state index in [1.807, 2.05) is 31.2 Å². The quantitative estimate of drug-likeness (QED) is 0.606. The molecular formula is C17H17ClN2O3S3. The van der Waals surface area contributed by atoms with Gasteiger partial charge in [-0.3, -0.25) is 0 Å². The molecule has 0 saturated heterocycles. The van der Waals surface area contributed by atoms with Gasteiger partial charge in [0.1, 0.15) is 15.0 Å².